The van der Waals surface area contributed by atoms with E-state index in [4.69, 9.17) is 0 Å². The van der Waals surface area contributed by atoms with E-state index in [1.165, 1.54) is 0 Å². The number of carbonyl (C=O) groups is 1. The van der Waals surface area contributed by atoms with Gasteiger partial charge in [0.1, 0.15) is 5.78 Å². The Labute approximate surface area is 74.9 Å². The molecule has 2 atom stereocenters. The van der Waals surface area contributed by atoms with Gasteiger partial charge in [0.05, 0.1) is 0 Å². The predicted molar refractivity (Wildman–Crippen MR) is 50.1 cm³/mol. The molecule has 0 unspecified atom stereocenters. The molecule has 1 heterocycles. The number of carbonyl (C=O) groups excluding carboxylic acids is 1. The first-order valence-electron chi connectivity index (χ1n) is 4.80. The lowest BCUT2D eigenvalue weighted by Crippen LogP contribution is -2.48. The zero-order valence-corrected chi connectivity index (χ0v) is 8.50. The maximum atomic E-state index is 11.3. The summed E-state index contributed by atoms with van der Waals surface area (Å²) in [6, 6.07) is 1.00. The van der Waals surface area contributed by atoms with Gasteiger partial charge in [-0.3, -0.25) is 9.69 Å². The van der Waals surface area contributed by atoms with Crippen LogP contribution in [0, 0.1) is 5.92 Å². The summed E-state index contributed by atoms with van der Waals surface area (Å²) in [6.45, 7) is 9.50. The van der Waals surface area contributed by atoms with Crippen LogP contribution in [0.4, 0.5) is 0 Å². The highest BCUT2D eigenvalue weighted by Crippen LogP contribution is 2.20. The number of ketones is 1. The summed E-state index contributed by atoms with van der Waals surface area (Å²) in [5.74, 6) is 0.669. The molecule has 1 rings (SSSR count). The van der Waals surface area contributed by atoms with Crippen LogP contribution < -0.4 is 0 Å². The molecule has 0 amide bonds. The molecule has 2 nitrogen and oxygen atoms in total. The number of rotatable bonds is 1. The zero-order valence-electron chi connectivity index (χ0n) is 8.50. The summed E-state index contributed by atoms with van der Waals surface area (Å²) in [4.78, 5) is 13.8. The third-order valence-corrected chi connectivity index (χ3v) is 2.76. The lowest BCUT2D eigenvalue weighted by molar-refractivity contribution is -0.127. The Morgan fingerprint density at radius 3 is 2.50 bits per heavy atom. The van der Waals surface area contributed by atoms with E-state index in [1.54, 1.807) is 0 Å². The smallest absolute Gasteiger partial charge is 0.138 e. The van der Waals surface area contributed by atoms with Crippen molar-refractivity contribution in [3.05, 3.63) is 0 Å². The largest absolute Gasteiger partial charge is 0.299 e. The van der Waals surface area contributed by atoms with Gasteiger partial charge in [-0.2, -0.15) is 0 Å². The average Bonchev–Trinajstić information content (AvgIpc) is 1.96. The molecule has 0 aromatic carbocycles. The second-order valence-electron chi connectivity index (χ2n) is 4.21. The first kappa shape index (κ1) is 9.72. The molecule has 1 aliphatic heterocycles. The minimum Gasteiger partial charge on any atom is -0.299 e. The molecular formula is C10H19NO. The summed E-state index contributed by atoms with van der Waals surface area (Å²) in [6.07, 6.45) is 0.735. The second kappa shape index (κ2) is 3.56. The Hall–Kier alpha value is -0.370. The van der Waals surface area contributed by atoms with Crippen molar-refractivity contribution in [1.82, 2.24) is 4.90 Å². The highest BCUT2D eigenvalue weighted by Gasteiger charge is 2.30. The fourth-order valence-corrected chi connectivity index (χ4v) is 1.93. The van der Waals surface area contributed by atoms with Crippen LogP contribution in [0.5, 0.6) is 0 Å². The molecule has 1 saturated heterocycles. The van der Waals surface area contributed by atoms with Gasteiger partial charge in [0.15, 0.2) is 0 Å². The molecule has 0 radical (unpaired) electrons. The van der Waals surface area contributed by atoms with Gasteiger partial charge in [0, 0.05) is 31.0 Å². The molecule has 0 aromatic rings. The number of piperidine rings is 1. The fraction of sp³-hybridized carbons (Fsp3) is 0.900. The minimum atomic E-state index is 0.239. The van der Waals surface area contributed by atoms with Gasteiger partial charge < -0.3 is 0 Å². The van der Waals surface area contributed by atoms with E-state index in [1.807, 2.05) is 6.92 Å². The van der Waals surface area contributed by atoms with Crippen LogP contribution in [0.15, 0.2) is 0 Å². The van der Waals surface area contributed by atoms with Gasteiger partial charge in [0.25, 0.3) is 0 Å². The number of hydrogen-bond donors (Lipinski definition) is 0. The van der Waals surface area contributed by atoms with Crippen LogP contribution in [0.1, 0.15) is 34.1 Å². The number of hydrogen-bond acceptors (Lipinski definition) is 2. The van der Waals surface area contributed by atoms with Crippen LogP contribution in [0.2, 0.25) is 0 Å². The third kappa shape index (κ3) is 1.86. The Balaban J connectivity index is 2.61. The Bertz CT molecular complexity index is 177. The van der Waals surface area contributed by atoms with Crippen molar-refractivity contribution in [3.63, 3.8) is 0 Å². The van der Waals surface area contributed by atoms with Gasteiger partial charge in [-0.1, -0.05) is 6.92 Å². The van der Waals surface area contributed by atoms with Crippen molar-refractivity contribution in [1.29, 1.82) is 0 Å². The summed E-state index contributed by atoms with van der Waals surface area (Å²) in [7, 11) is 0. The lowest BCUT2D eigenvalue weighted by Gasteiger charge is -2.38. The van der Waals surface area contributed by atoms with E-state index in [9.17, 15) is 4.79 Å². The first-order valence-corrected chi connectivity index (χ1v) is 4.80. The van der Waals surface area contributed by atoms with Gasteiger partial charge in [0.2, 0.25) is 0 Å². The molecule has 0 saturated carbocycles. The summed E-state index contributed by atoms with van der Waals surface area (Å²) in [5, 5.41) is 0. The summed E-state index contributed by atoms with van der Waals surface area (Å²) in [5.41, 5.74) is 0. The Kier molecular flexibility index (Phi) is 2.89. The van der Waals surface area contributed by atoms with E-state index in [-0.39, 0.29) is 5.92 Å². The number of likely N-dealkylation sites (tertiary alicyclic amines) is 1. The predicted octanol–water partition coefficient (Wildman–Crippen LogP) is 1.69. The monoisotopic (exact) mass is 169 g/mol. The van der Waals surface area contributed by atoms with Crippen molar-refractivity contribution < 1.29 is 4.79 Å². The van der Waals surface area contributed by atoms with Crippen molar-refractivity contribution in [2.45, 2.75) is 46.2 Å². The Morgan fingerprint density at radius 2 is 2.00 bits per heavy atom. The van der Waals surface area contributed by atoms with Crippen molar-refractivity contribution >= 4 is 5.78 Å². The molecule has 0 aliphatic carbocycles. The molecule has 12 heavy (non-hydrogen) atoms. The summed E-state index contributed by atoms with van der Waals surface area (Å²) < 4.78 is 0. The van der Waals surface area contributed by atoms with E-state index < -0.39 is 0 Å². The summed E-state index contributed by atoms with van der Waals surface area (Å²) >= 11 is 0. The molecule has 2 heteroatoms. The molecule has 1 aliphatic rings. The van der Waals surface area contributed by atoms with E-state index >= 15 is 0 Å². The average molecular weight is 169 g/mol. The zero-order chi connectivity index (χ0) is 9.30. The van der Waals surface area contributed by atoms with Gasteiger partial charge in [-0.15, -0.1) is 0 Å². The lowest BCUT2D eigenvalue weighted by atomic mass is 9.92. The molecular weight excluding hydrogens is 150 g/mol. The quantitative estimate of drug-likeness (QED) is 0.595. The van der Waals surface area contributed by atoms with Crippen LogP contribution in [-0.2, 0) is 4.79 Å². The van der Waals surface area contributed by atoms with Crippen molar-refractivity contribution in [3.8, 4) is 0 Å². The molecule has 1 fully saturated rings. The molecule has 0 bridgehead atoms. The van der Waals surface area contributed by atoms with Crippen LogP contribution in [0.25, 0.3) is 0 Å². The van der Waals surface area contributed by atoms with Gasteiger partial charge in [-0.05, 0) is 20.8 Å². The fourth-order valence-electron chi connectivity index (χ4n) is 1.93. The minimum absolute atomic E-state index is 0.239. The SMILES string of the molecule is CC(C)N1C[C@H](C)C(=O)C[C@@H]1C. The number of Topliss-reactive ketones (excluding diaryl/α,β-unsaturated/α-hetero) is 1. The normalized spacial score (nSPS) is 32.9. The van der Waals surface area contributed by atoms with Gasteiger partial charge >= 0.3 is 0 Å². The van der Waals surface area contributed by atoms with Crippen LogP contribution in [0.3, 0.4) is 0 Å². The number of nitrogens with zero attached hydrogens (tertiary/aromatic N) is 1. The van der Waals surface area contributed by atoms with Crippen molar-refractivity contribution in [2.75, 3.05) is 6.54 Å². The molecule has 70 valence electrons. The van der Waals surface area contributed by atoms with E-state index in [2.05, 4.69) is 25.7 Å². The maximum Gasteiger partial charge on any atom is 0.138 e. The third-order valence-electron chi connectivity index (χ3n) is 2.76. The second-order valence-corrected chi connectivity index (χ2v) is 4.21. The van der Waals surface area contributed by atoms with E-state index in [0.717, 1.165) is 13.0 Å². The molecule has 0 spiro atoms. The standard InChI is InChI=1S/C10H19NO/c1-7(2)11-6-8(3)10(12)5-9(11)4/h7-9H,5-6H2,1-4H3/t8-,9-/m0/s1. The van der Waals surface area contributed by atoms with Gasteiger partial charge in [-0.25, -0.2) is 0 Å². The topological polar surface area (TPSA) is 20.3 Å². The molecule has 0 aromatic heterocycles. The molecule has 0 N–H and O–H groups in total. The Morgan fingerprint density at radius 1 is 1.42 bits per heavy atom. The maximum absolute atomic E-state index is 11.3. The first-order chi connectivity index (χ1) is 5.52. The van der Waals surface area contributed by atoms with Crippen molar-refractivity contribution in [2.24, 2.45) is 5.92 Å². The van der Waals surface area contributed by atoms with E-state index in [0.29, 0.717) is 17.9 Å². The van der Waals surface area contributed by atoms with Crippen LogP contribution >= 0.6 is 0 Å². The highest BCUT2D eigenvalue weighted by atomic mass is 16.1. The van der Waals surface area contributed by atoms with Crippen LogP contribution in [-0.4, -0.2) is 29.3 Å². The highest BCUT2D eigenvalue weighted by molar-refractivity contribution is 5.82.